The van der Waals surface area contributed by atoms with Gasteiger partial charge in [-0.2, -0.15) is 4.98 Å². The van der Waals surface area contributed by atoms with E-state index in [-0.39, 0.29) is 0 Å². The van der Waals surface area contributed by atoms with E-state index in [2.05, 4.69) is 36.0 Å². The molecule has 0 fully saturated rings. The highest BCUT2D eigenvalue weighted by molar-refractivity contribution is 9.10. The zero-order valence-electron chi connectivity index (χ0n) is 9.12. The van der Waals surface area contributed by atoms with Crippen molar-refractivity contribution >= 4 is 15.9 Å². The molecule has 6 heteroatoms. The van der Waals surface area contributed by atoms with Gasteiger partial charge in [-0.25, -0.2) is 4.98 Å². The van der Waals surface area contributed by atoms with Crippen LogP contribution < -0.4 is 0 Å². The van der Waals surface area contributed by atoms with Gasteiger partial charge in [0, 0.05) is 16.9 Å². The van der Waals surface area contributed by atoms with Gasteiger partial charge in [-0.15, -0.1) is 0 Å². The van der Waals surface area contributed by atoms with Crippen LogP contribution >= 0.6 is 15.9 Å². The highest BCUT2D eigenvalue weighted by Gasteiger charge is 2.11. The van der Waals surface area contributed by atoms with Crippen LogP contribution in [-0.4, -0.2) is 20.1 Å². The molecule has 88 valence electrons. The van der Waals surface area contributed by atoms with Gasteiger partial charge in [0.1, 0.15) is 11.4 Å². The zero-order valence-corrected chi connectivity index (χ0v) is 10.7. The molecule has 0 saturated heterocycles. The quantitative estimate of drug-likeness (QED) is 0.728. The van der Waals surface area contributed by atoms with Gasteiger partial charge in [-0.1, -0.05) is 11.2 Å². The van der Waals surface area contributed by atoms with E-state index >= 15 is 0 Å². The Morgan fingerprint density at radius 1 is 1.00 bits per heavy atom. The van der Waals surface area contributed by atoms with Crippen LogP contribution in [0.3, 0.4) is 0 Å². The fourth-order valence-electron chi connectivity index (χ4n) is 1.43. The normalized spacial score (nSPS) is 10.5. The second-order valence-corrected chi connectivity index (χ2v) is 4.42. The van der Waals surface area contributed by atoms with E-state index in [1.165, 1.54) is 0 Å². The lowest BCUT2D eigenvalue weighted by Gasteiger charge is -1.92. The number of aromatic nitrogens is 4. The first kappa shape index (κ1) is 11.0. The number of hydrogen-bond acceptors (Lipinski definition) is 5. The third-order valence-electron chi connectivity index (χ3n) is 2.27. The summed E-state index contributed by atoms with van der Waals surface area (Å²) in [6.45, 7) is 0. The minimum absolute atomic E-state index is 0.378. The number of nitrogens with zero attached hydrogens (tertiary/aromatic N) is 4. The summed E-state index contributed by atoms with van der Waals surface area (Å²) in [5.41, 5.74) is 1.30. The topological polar surface area (TPSA) is 64.7 Å². The van der Waals surface area contributed by atoms with Crippen molar-refractivity contribution in [2.45, 2.75) is 0 Å². The van der Waals surface area contributed by atoms with Crippen LogP contribution in [0.25, 0.3) is 23.1 Å². The lowest BCUT2D eigenvalue weighted by molar-refractivity contribution is 0.431. The Balaban J connectivity index is 1.97. The van der Waals surface area contributed by atoms with Gasteiger partial charge in [0.05, 0.1) is 0 Å². The fraction of sp³-hybridized carbons (Fsp3) is 0. The van der Waals surface area contributed by atoms with Crippen molar-refractivity contribution in [3.05, 3.63) is 47.2 Å². The SMILES string of the molecule is Brc1ccc(-c2nc(-c3ccccn3)no2)nc1. The highest BCUT2D eigenvalue weighted by atomic mass is 79.9. The van der Waals surface area contributed by atoms with Crippen molar-refractivity contribution in [2.24, 2.45) is 0 Å². The van der Waals surface area contributed by atoms with Crippen molar-refractivity contribution in [1.82, 2.24) is 20.1 Å². The van der Waals surface area contributed by atoms with Gasteiger partial charge < -0.3 is 4.52 Å². The van der Waals surface area contributed by atoms with Crippen molar-refractivity contribution in [2.75, 3.05) is 0 Å². The lowest BCUT2D eigenvalue weighted by Crippen LogP contribution is -1.85. The van der Waals surface area contributed by atoms with Crippen LogP contribution in [0, 0.1) is 0 Å². The Labute approximate surface area is 111 Å². The number of hydrogen-bond donors (Lipinski definition) is 0. The molecule has 0 aliphatic heterocycles. The molecule has 3 aromatic heterocycles. The monoisotopic (exact) mass is 302 g/mol. The molecule has 18 heavy (non-hydrogen) atoms. The Kier molecular flexibility index (Phi) is 2.85. The Hall–Kier alpha value is -2.08. The molecule has 3 heterocycles. The minimum atomic E-state index is 0.378. The van der Waals surface area contributed by atoms with E-state index in [4.69, 9.17) is 4.52 Å². The van der Waals surface area contributed by atoms with Gasteiger partial charge in [-0.3, -0.25) is 4.98 Å². The van der Waals surface area contributed by atoms with E-state index in [1.807, 2.05) is 24.3 Å². The summed E-state index contributed by atoms with van der Waals surface area (Å²) in [4.78, 5) is 12.6. The summed E-state index contributed by atoms with van der Waals surface area (Å²) in [6, 6.07) is 9.20. The summed E-state index contributed by atoms with van der Waals surface area (Å²) in [5.74, 6) is 0.832. The van der Waals surface area contributed by atoms with Crippen molar-refractivity contribution < 1.29 is 4.52 Å². The third-order valence-corrected chi connectivity index (χ3v) is 2.74. The van der Waals surface area contributed by atoms with Crippen molar-refractivity contribution in [1.29, 1.82) is 0 Å². The average molecular weight is 303 g/mol. The molecular formula is C12H7BrN4O. The molecule has 0 bridgehead atoms. The van der Waals surface area contributed by atoms with Crippen LogP contribution in [0.5, 0.6) is 0 Å². The number of halogens is 1. The molecule has 0 aliphatic rings. The Bertz CT molecular complexity index is 651. The van der Waals surface area contributed by atoms with Crippen molar-refractivity contribution in [3.8, 4) is 23.1 Å². The maximum atomic E-state index is 5.17. The zero-order chi connectivity index (χ0) is 12.4. The predicted molar refractivity (Wildman–Crippen MR) is 68.5 cm³/mol. The summed E-state index contributed by atoms with van der Waals surface area (Å²) >= 11 is 3.32. The smallest absolute Gasteiger partial charge is 0.276 e. The van der Waals surface area contributed by atoms with Gasteiger partial charge in [0.15, 0.2) is 0 Å². The van der Waals surface area contributed by atoms with Gasteiger partial charge in [-0.05, 0) is 40.2 Å². The largest absolute Gasteiger partial charge is 0.332 e. The third kappa shape index (κ3) is 2.14. The molecule has 0 saturated carbocycles. The molecule has 0 atom stereocenters. The summed E-state index contributed by atoms with van der Waals surface area (Å²) < 4.78 is 6.06. The van der Waals surface area contributed by atoms with E-state index in [0.29, 0.717) is 23.1 Å². The molecule has 0 N–H and O–H groups in total. The van der Waals surface area contributed by atoms with E-state index in [9.17, 15) is 0 Å². The standard InChI is InChI=1S/C12H7BrN4O/c13-8-4-5-10(15-7-8)12-16-11(17-18-12)9-3-1-2-6-14-9/h1-7H. The van der Waals surface area contributed by atoms with Crippen LogP contribution in [0.1, 0.15) is 0 Å². The first-order valence-corrected chi connectivity index (χ1v) is 5.99. The van der Waals surface area contributed by atoms with Crippen molar-refractivity contribution in [3.63, 3.8) is 0 Å². The molecule has 0 spiro atoms. The molecule has 3 aromatic rings. The molecule has 5 nitrogen and oxygen atoms in total. The fourth-order valence-corrected chi connectivity index (χ4v) is 1.66. The molecular weight excluding hydrogens is 296 g/mol. The van der Waals surface area contributed by atoms with E-state index < -0.39 is 0 Å². The summed E-state index contributed by atoms with van der Waals surface area (Å²) in [6.07, 6.45) is 3.36. The Morgan fingerprint density at radius 3 is 2.67 bits per heavy atom. The minimum Gasteiger partial charge on any atom is -0.332 e. The van der Waals surface area contributed by atoms with E-state index in [0.717, 1.165) is 4.47 Å². The van der Waals surface area contributed by atoms with Crippen LogP contribution in [-0.2, 0) is 0 Å². The van der Waals surface area contributed by atoms with Gasteiger partial charge in [0.25, 0.3) is 5.89 Å². The van der Waals surface area contributed by atoms with Crippen LogP contribution in [0.4, 0.5) is 0 Å². The second kappa shape index (κ2) is 4.66. The summed E-state index contributed by atoms with van der Waals surface area (Å²) in [5, 5.41) is 3.88. The first-order valence-electron chi connectivity index (χ1n) is 5.20. The van der Waals surface area contributed by atoms with Gasteiger partial charge >= 0.3 is 0 Å². The molecule has 0 radical (unpaired) electrons. The first-order chi connectivity index (χ1) is 8.83. The lowest BCUT2D eigenvalue weighted by atomic mass is 10.3. The second-order valence-electron chi connectivity index (χ2n) is 3.50. The summed E-state index contributed by atoms with van der Waals surface area (Å²) in [7, 11) is 0. The van der Waals surface area contributed by atoms with Crippen LogP contribution in [0.15, 0.2) is 51.7 Å². The molecule has 0 unspecified atom stereocenters. The molecule has 0 amide bonds. The molecule has 0 aliphatic carbocycles. The molecule has 0 aromatic carbocycles. The maximum Gasteiger partial charge on any atom is 0.276 e. The van der Waals surface area contributed by atoms with E-state index in [1.54, 1.807) is 18.5 Å². The van der Waals surface area contributed by atoms with Gasteiger partial charge in [0.2, 0.25) is 5.82 Å². The molecule has 3 rings (SSSR count). The Morgan fingerprint density at radius 2 is 1.94 bits per heavy atom. The highest BCUT2D eigenvalue weighted by Crippen LogP contribution is 2.20. The maximum absolute atomic E-state index is 5.17. The number of pyridine rings is 2. The average Bonchev–Trinajstić information content (AvgIpc) is 2.90. The van der Waals surface area contributed by atoms with Crippen LogP contribution in [0.2, 0.25) is 0 Å². The predicted octanol–water partition coefficient (Wildman–Crippen LogP) is 2.96. The number of rotatable bonds is 2.